The van der Waals surface area contributed by atoms with Crippen LogP contribution in [0.3, 0.4) is 0 Å². The smallest absolute Gasteiger partial charge is 0.00526 e. The molecule has 0 fully saturated rings. The Kier molecular flexibility index (Phi) is 4.83. The van der Waals surface area contributed by atoms with Gasteiger partial charge in [-0.15, -0.1) is 9.24 Å². The molecular weight excluding hydrogens is 367 g/mol. The minimum atomic E-state index is 0.0303. The van der Waals surface area contributed by atoms with Gasteiger partial charge in [-0.3, -0.25) is 0 Å². The second-order valence-corrected chi connectivity index (χ2v) is 10.8. The third-order valence-corrected chi connectivity index (χ3v) is 6.27. The van der Waals surface area contributed by atoms with Crippen molar-refractivity contribution in [3.63, 3.8) is 0 Å². The summed E-state index contributed by atoms with van der Waals surface area (Å²) in [6, 6.07) is 24.6. The standard InChI is InChI=1S/C28H31P/c1-27(2,3)22-16-15-18-11-7-9-13-20(18)24(22)25-21-14-10-8-12-19(21)17-23(29)26(25)28(4,5)6/h7-17H,29H2,1-6H3. The van der Waals surface area contributed by atoms with Crippen molar-refractivity contribution in [1.82, 2.24) is 0 Å². The molecule has 0 aliphatic carbocycles. The van der Waals surface area contributed by atoms with Gasteiger partial charge in [-0.25, -0.2) is 0 Å². The summed E-state index contributed by atoms with van der Waals surface area (Å²) < 4.78 is 0. The zero-order chi connectivity index (χ0) is 21.0. The summed E-state index contributed by atoms with van der Waals surface area (Å²) in [5, 5.41) is 6.57. The van der Waals surface area contributed by atoms with E-state index in [0.29, 0.717) is 0 Å². The highest BCUT2D eigenvalue weighted by Gasteiger charge is 2.28. The van der Waals surface area contributed by atoms with E-state index in [0.717, 1.165) is 0 Å². The highest BCUT2D eigenvalue weighted by Crippen LogP contribution is 2.45. The van der Waals surface area contributed by atoms with Crippen LogP contribution in [0.2, 0.25) is 0 Å². The topological polar surface area (TPSA) is 0 Å². The van der Waals surface area contributed by atoms with E-state index in [-0.39, 0.29) is 10.8 Å². The van der Waals surface area contributed by atoms with E-state index in [9.17, 15) is 0 Å². The van der Waals surface area contributed by atoms with E-state index in [2.05, 4.69) is 118 Å². The van der Waals surface area contributed by atoms with Crippen molar-refractivity contribution in [2.24, 2.45) is 0 Å². The molecule has 0 amide bonds. The predicted octanol–water partition coefficient (Wildman–Crippen LogP) is 7.76. The van der Waals surface area contributed by atoms with E-state index < -0.39 is 0 Å². The molecule has 0 nitrogen and oxygen atoms in total. The Balaban J connectivity index is 2.31. The molecule has 29 heavy (non-hydrogen) atoms. The van der Waals surface area contributed by atoms with Crippen LogP contribution >= 0.6 is 9.24 Å². The van der Waals surface area contributed by atoms with Crippen LogP contribution in [0.15, 0.2) is 66.7 Å². The molecule has 0 heterocycles. The van der Waals surface area contributed by atoms with Gasteiger partial charge in [-0.1, -0.05) is 102 Å². The lowest BCUT2D eigenvalue weighted by molar-refractivity contribution is 0.588. The molecule has 0 N–H and O–H groups in total. The minimum Gasteiger partial charge on any atom is -0.105 e. The Bertz CT molecular complexity index is 1220. The van der Waals surface area contributed by atoms with E-state index in [1.807, 2.05) is 0 Å². The number of rotatable bonds is 1. The summed E-state index contributed by atoms with van der Waals surface area (Å²) in [5.74, 6) is 0. The van der Waals surface area contributed by atoms with Gasteiger partial charge in [0.25, 0.3) is 0 Å². The van der Waals surface area contributed by atoms with Crippen molar-refractivity contribution in [1.29, 1.82) is 0 Å². The summed E-state index contributed by atoms with van der Waals surface area (Å²) in [5.41, 5.74) is 5.68. The monoisotopic (exact) mass is 398 g/mol. The molecule has 0 bridgehead atoms. The van der Waals surface area contributed by atoms with Gasteiger partial charge in [-0.2, -0.15) is 0 Å². The van der Waals surface area contributed by atoms with E-state index in [4.69, 9.17) is 0 Å². The van der Waals surface area contributed by atoms with Gasteiger partial charge in [0.05, 0.1) is 0 Å². The molecule has 0 radical (unpaired) electrons. The predicted molar refractivity (Wildman–Crippen MR) is 134 cm³/mol. The Morgan fingerprint density at radius 2 is 1.14 bits per heavy atom. The molecular formula is C28H31P. The van der Waals surface area contributed by atoms with Gasteiger partial charge in [0, 0.05) is 0 Å². The molecule has 0 aliphatic rings. The molecule has 4 aromatic carbocycles. The van der Waals surface area contributed by atoms with Gasteiger partial charge in [0.1, 0.15) is 0 Å². The summed E-state index contributed by atoms with van der Waals surface area (Å²) in [6.45, 7) is 14.0. The van der Waals surface area contributed by atoms with E-state index >= 15 is 0 Å². The maximum Gasteiger partial charge on any atom is -0.00526 e. The number of hydrogen-bond acceptors (Lipinski definition) is 0. The first kappa shape index (κ1) is 20.1. The Morgan fingerprint density at radius 3 is 1.72 bits per heavy atom. The first-order chi connectivity index (χ1) is 13.6. The van der Waals surface area contributed by atoms with Crippen LogP contribution in [-0.2, 0) is 10.8 Å². The highest BCUT2D eigenvalue weighted by molar-refractivity contribution is 7.27. The van der Waals surface area contributed by atoms with Crippen molar-refractivity contribution in [3.8, 4) is 11.1 Å². The van der Waals surface area contributed by atoms with Gasteiger partial charge in [-0.05, 0) is 66.0 Å². The first-order valence-corrected chi connectivity index (χ1v) is 11.0. The van der Waals surface area contributed by atoms with Crippen LogP contribution in [0, 0.1) is 0 Å². The van der Waals surface area contributed by atoms with Crippen LogP contribution in [0.4, 0.5) is 0 Å². The lowest BCUT2D eigenvalue weighted by atomic mass is 9.74. The normalized spacial score (nSPS) is 12.7. The highest BCUT2D eigenvalue weighted by atomic mass is 31.0. The number of hydrogen-bond donors (Lipinski definition) is 0. The van der Waals surface area contributed by atoms with Crippen molar-refractivity contribution in [2.45, 2.75) is 52.4 Å². The van der Waals surface area contributed by atoms with Crippen molar-refractivity contribution >= 4 is 36.1 Å². The Labute approximate surface area is 177 Å². The van der Waals surface area contributed by atoms with Crippen LogP contribution in [0.1, 0.15) is 52.7 Å². The average Bonchev–Trinajstić information content (AvgIpc) is 2.64. The Hall–Kier alpha value is -2.17. The largest absolute Gasteiger partial charge is 0.105 e. The maximum absolute atomic E-state index is 3.02. The zero-order valence-corrected chi connectivity index (χ0v) is 19.6. The molecule has 1 unspecified atom stereocenters. The molecule has 4 aromatic rings. The van der Waals surface area contributed by atoms with Gasteiger partial charge >= 0.3 is 0 Å². The number of fused-ring (bicyclic) bond motifs is 2. The zero-order valence-electron chi connectivity index (χ0n) is 18.4. The van der Waals surface area contributed by atoms with Gasteiger partial charge in [0.2, 0.25) is 0 Å². The summed E-state index contributed by atoms with van der Waals surface area (Å²) >= 11 is 0. The Morgan fingerprint density at radius 1 is 0.586 bits per heavy atom. The molecule has 1 atom stereocenters. The van der Waals surface area contributed by atoms with Crippen LogP contribution in [-0.4, -0.2) is 0 Å². The molecule has 0 spiro atoms. The van der Waals surface area contributed by atoms with Crippen LogP contribution in [0.25, 0.3) is 32.7 Å². The molecule has 4 rings (SSSR count). The quantitative estimate of drug-likeness (QED) is 0.287. The lowest BCUT2D eigenvalue weighted by Crippen LogP contribution is -2.22. The van der Waals surface area contributed by atoms with Crippen LogP contribution < -0.4 is 5.30 Å². The van der Waals surface area contributed by atoms with Crippen molar-refractivity contribution in [2.75, 3.05) is 0 Å². The summed E-state index contributed by atoms with van der Waals surface area (Å²) in [4.78, 5) is 0. The fourth-order valence-corrected chi connectivity index (χ4v) is 5.36. The fourth-order valence-electron chi connectivity index (χ4n) is 4.60. The van der Waals surface area contributed by atoms with Crippen molar-refractivity contribution in [3.05, 3.63) is 77.9 Å². The number of benzene rings is 4. The third-order valence-electron chi connectivity index (χ3n) is 5.82. The average molecular weight is 399 g/mol. The van der Waals surface area contributed by atoms with E-state index in [1.165, 1.54) is 49.1 Å². The second-order valence-electron chi connectivity index (χ2n) is 10.1. The summed E-state index contributed by atoms with van der Waals surface area (Å²) in [6.07, 6.45) is 0. The molecule has 0 aliphatic heterocycles. The van der Waals surface area contributed by atoms with Crippen LogP contribution in [0.5, 0.6) is 0 Å². The molecule has 0 saturated carbocycles. The molecule has 1 heteroatoms. The fraction of sp³-hybridized carbons (Fsp3) is 0.286. The molecule has 148 valence electrons. The van der Waals surface area contributed by atoms with Crippen molar-refractivity contribution < 1.29 is 0 Å². The lowest BCUT2D eigenvalue weighted by Gasteiger charge is -2.31. The van der Waals surface area contributed by atoms with E-state index in [1.54, 1.807) is 0 Å². The third kappa shape index (κ3) is 3.49. The second kappa shape index (κ2) is 6.96. The SMILES string of the molecule is CC(C)(C)c1ccc2ccccc2c1-c1c(C(C)(C)C)c(P)cc2ccccc12. The summed E-state index contributed by atoms with van der Waals surface area (Å²) in [7, 11) is 3.02. The van der Waals surface area contributed by atoms with Gasteiger partial charge < -0.3 is 0 Å². The van der Waals surface area contributed by atoms with Gasteiger partial charge in [0.15, 0.2) is 0 Å². The maximum atomic E-state index is 3.02. The first-order valence-electron chi connectivity index (χ1n) is 10.4. The molecule has 0 aromatic heterocycles. The minimum absolute atomic E-state index is 0.0303. The molecule has 0 saturated heterocycles.